The molecule has 0 saturated heterocycles. The molecule has 8 nitrogen and oxygen atoms in total. The van der Waals surface area contributed by atoms with Crippen LogP contribution in [0.4, 0.5) is 4.39 Å². The third-order valence-corrected chi connectivity index (χ3v) is 10.1. The van der Waals surface area contributed by atoms with Crippen LogP contribution in [-0.4, -0.2) is 30.4 Å². The monoisotopic (exact) mass is 629 g/mol. The number of nitrogens with two attached hydrogens (primary N) is 1. The van der Waals surface area contributed by atoms with Gasteiger partial charge in [0.15, 0.2) is 5.69 Å². The lowest BCUT2D eigenvalue weighted by Gasteiger charge is -2.10. The summed E-state index contributed by atoms with van der Waals surface area (Å²) < 4.78 is 38.8. The van der Waals surface area contributed by atoms with E-state index in [0.29, 0.717) is 34.6 Å². The Morgan fingerprint density at radius 2 is 1.73 bits per heavy atom. The molecule has 224 valence electrons. The van der Waals surface area contributed by atoms with E-state index in [1.54, 1.807) is 35.0 Å². The van der Waals surface area contributed by atoms with Crippen LogP contribution in [0.15, 0.2) is 77.0 Å². The summed E-state index contributed by atoms with van der Waals surface area (Å²) in [7, 11) is -3.59. The second kappa shape index (κ2) is 11.2. The van der Waals surface area contributed by atoms with E-state index in [-0.39, 0.29) is 16.4 Å². The molecule has 1 atom stereocenters. The molecule has 0 spiro atoms. The van der Waals surface area contributed by atoms with Crippen molar-refractivity contribution in [1.82, 2.24) is 14.8 Å². The van der Waals surface area contributed by atoms with Gasteiger partial charge in [-0.3, -0.25) is 0 Å². The van der Waals surface area contributed by atoms with E-state index >= 15 is 4.39 Å². The third-order valence-electron chi connectivity index (χ3n) is 8.31. The number of aromatic nitrogens is 3. The van der Waals surface area contributed by atoms with Crippen molar-refractivity contribution in [1.29, 1.82) is 0 Å². The summed E-state index contributed by atoms with van der Waals surface area (Å²) in [6, 6.07) is 19.7. The molecule has 11 heteroatoms. The third kappa shape index (κ3) is 5.88. The van der Waals surface area contributed by atoms with Gasteiger partial charge in [0.2, 0.25) is 10.0 Å². The quantitative estimate of drug-likeness (QED) is 0.141. The number of carboxylic acid groups (broad SMARTS) is 1. The molecule has 0 radical (unpaired) electrons. The Hall–Kier alpha value is -4.03. The fourth-order valence-electron chi connectivity index (χ4n) is 5.58. The van der Waals surface area contributed by atoms with Crippen LogP contribution in [-0.2, 0) is 27.5 Å². The topological polar surface area (TPSA) is 131 Å². The van der Waals surface area contributed by atoms with Crippen LogP contribution in [0.25, 0.3) is 27.5 Å². The van der Waals surface area contributed by atoms with Crippen LogP contribution in [0.1, 0.15) is 64.5 Å². The second-order valence-corrected chi connectivity index (χ2v) is 14.1. The van der Waals surface area contributed by atoms with Gasteiger partial charge in [-0.05, 0) is 95.2 Å². The molecule has 2 saturated carbocycles. The van der Waals surface area contributed by atoms with E-state index in [0.717, 1.165) is 47.2 Å². The van der Waals surface area contributed by atoms with Gasteiger partial charge in [0.25, 0.3) is 0 Å². The van der Waals surface area contributed by atoms with Crippen LogP contribution >= 0.6 is 11.3 Å². The SMILES string of the molecule is N[S+](=O)(O)c1ccc(Cc2c(-c3ccc(F)c(-c4ccc(C5CC5)cc4)c3)nn(-c3nc(C(=O)O)cs3)c2CC2CC2)cc1. The molecule has 4 N–H and O–H groups in total. The lowest BCUT2D eigenvalue weighted by molar-refractivity contribution is 0.0691. The maximum atomic E-state index is 15.3. The lowest BCUT2D eigenvalue weighted by atomic mass is 9.94. The molecule has 2 aromatic heterocycles. The molecule has 3 aromatic carbocycles. The average molecular weight is 630 g/mol. The summed E-state index contributed by atoms with van der Waals surface area (Å²) >= 11 is 1.21. The van der Waals surface area contributed by atoms with Gasteiger partial charge in [0.1, 0.15) is 5.82 Å². The van der Waals surface area contributed by atoms with Crippen molar-refractivity contribution in [2.24, 2.45) is 11.1 Å². The first-order valence-corrected chi connectivity index (χ1v) is 16.9. The van der Waals surface area contributed by atoms with E-state index in [4.69, 9.17) is 10.2 Å². The van der Waals surface area contributed by atoms with Crippen molar-refractivity contribution in [3.8, 4) is 27.5 Å². The Kier molecular flexibility index (Phi) is 7.28. The molecule has 2 aliphatic rings. The summed E-state index contributed by atoms with van der Waals surface area (Å²) in [5.74, 6) is -0.362. The minimum Gasteiger partial charge on any atom is -0.476 e. The number of nitrogens with zero attached hydrogens (tertiary/aromatic N) is 3. The molecule has 0 aliphatic heterocycles. The zero-order valence-corrected chi connectivity index (χ0v) is 25.3. The van der Waals surface area contributed by atoms with Crippen molar-refractivity contribution in [3.05, 3.63) is 106 Å². The number of hydrogen-bond donors (Lipinski definition) is 3. The smallest absolute Gasteiger partial charge is 0.355 e. The molecule has 2 aliphatic carbocycles. The molecular formula is C33H30FN4O4S2+. The first-order chi connectivity index (χ1) is 21.1. The standard InChI is InChI=1S/C33H29FN4O4S2/c34-28-14-11-24(17-26(28)23-9-7-22(8-10-23)21-5-6-21)31-27(15-19-3-12-25(13-4-19)44(35,41)42)30(16-20-1-2-20)38(37-31)33-36-29(18-43-33)32(39)40/h3-4,7-14,17-18,20-21H,1-2,5-6,15-16H2,(H3-,35,39,40,41,42)/p+1. The molecule has 1 unspecified atom stereocenters. The molecule has 0 bridgehead atoms. The van der Waals surface area contributed by atoms with Crippen molar-refractivity contribution in [3.63, 3.8) is 0 Å². The van der Waals surface area contributed by atoms with Gasteiger partial charge in [-0.2, -0.15) is 9.65 Å². The minimum atomic E-state index is -3.59. The van der Waals surface area contributed by atoms with Gasteiger partial charge in [-0.1, -0.05) is 36.4 Å². The Labute approximate surface area is 258 Å². The first-order valence-electron chi connectivity index (χ1n) is 14.5. The van der Waals surface area contributed by atoms with Gasteiger partial charge in [-0.15, -0.1) is 16.5 Å². The summed E-state index contributed by atoms with van der Waals surface area (Å²) in [5.41, 5.74) is 6.56. The summed E-state index contributed by atoms with van der Waals surface area (Å²) in [6.45, 7) is 0. The Bertz CT molecular complexity index is 1920. The molecule has 0 amide bonds. The van der Waals surface area contributed by atoms with Crippen molar-refractivity contribution >= 4 is 27.7 Å². The molecule has 44 heavy (non-hydrogen) atoms. The van der Waals surface area contributed by atoms with Gasteiger partial charge < -0.3 is 5.11 Å². The van der Waals surface area contributed by atoms with E-state index < -0.39 is 16.4 Å². The second-order valence-electron chi connectivity index (χ2n) is 11.6. The predicted octanol–water partition coefficient (Wildman–Crippen LogP) is 7.13. The highest BCUT2D eigenvalue weighted by atomic mass is 32.3. The maximum absolute atomic E-state index is 15.3. The number of rotatable bonds is 10. The number of thiazole rings is 1. The van der Waals surface area contributed by atoms with Gasteiger partial charge >= 0.3 is 16.4 Å². The van der Waals surface area contributed by atoms with Crippen LogP contribution in [0.3, 0.4) is 0 Å². The summed E-state index contributed by atoms with van der Waals surface area (Å²) in [6.07, 6.45) is 5.73. The van der Waals surface area contributed by atoms with E-state index in [1.807, 2.05) is 18.2 Å². The van der Waals surface area contributed by atoms with Crippen molar-refractivity contribution < 1.29 is 23.1 Å². The van der Waals surface area contributed by atoms with Gasteiger partial charge in [-0.25, -0.2) is 18.9 Å². The highest BCUT2D eigenvalue weighted by Gasteiger charge is 2.30. The van der Waals surface area contributed by atoms with Gasteiger partial charge in [0.05, 0.1) is 11.4 Å². The van der Waals surface area contributed by atoms with Crippen LogP contribution < -0.4 is 5.14 Å². The van der Waals surface area contributed by atoms with Crippen molar-refractivity contribution in [2.45, 2.75) is 49.3 Å². The number of carboxylic acids is 1. The van der Waals surface area contributed by atoms with Gasteiger partial charge in [0, 0.05) is 28.5 Å². The minimum absolute atomic E-state index is 0.0512. The Morgan fingerprint density at radius 1 is 1.02 bits per heavy atom. The summed E-state index contributed by atoms with van der Waals surface area (Å²) in [5, 5.41) is 21.9. The van der Waals surface area contributed by atoms with E-state index in [2.05, 4.69) is 17.1 Å². The Balaban J connectivity index is 1.36. The average Bonchev–Trinajstić information content (AvgIpc) is 3.93. The fourth-order valence-corrected chi connectivity index (χ4v) is 6.88. The van der Waals surface area contributed by atoms with Crippen LogP contribution in [0.2, 0.25) is 0 Å². The first kappa shape index (κ1) is 28.7. The van der Waals surface area contributed by atoms with Crippen LogP contribution in [0.5, 0.6) is 0 Å². The highest BCUT2D eigenvalue weighted by molar-refractivity contribution is 7.95. The number of aromatic carboxylic acids is 1. The summed E-state index contributed by atoms with van der Waals surface area (Å²) in [4.78, 5) is 16.1. The normalized spacial score (nSPS) is 16.2. The zero-order chi connectivity index (χ0) is 30.6. The molecule has 2 heterocycles. The van der Waals surface area contributed by atoms with Crippen LogP contribution in [0, 0.1) is 11.7 Å². The highest BCUT2D eigenvalue weighted by Crippen LogP contribution is 2.42. The predicted molar refractivity (Wildman–Crippen MR) is 168 cm³/mol. The maximum Gasteiger partial charge on any atom is 0.355 e. The Morgan fingerprint density at radius 3 is 2.34 bits per heavy atom. The number of hydrogen-bond acceptors (Lipinski definition) is 5. The largest absolute Gasteiger partial charge is 0.476 e. The van der Waals surface area contributed by atoms with E-state index in [1.165, 1.54) is 41.2 Å². The molecular weight excluding hydrogens is 600 g/mol. The molecule has 7 rings (SSSR count). The lowest BCUT2D eigenvalue weighted by Crippen LogP contribution is -2.20. The van der Waals surface area contributed by atoms with Crippen molar-refractivity contribution in [2.75, 3.05) is 0 Å². The number of carbonyl (C=O) groups is 1. The fraction of sp³-hybridized carbons (Fsp3) is 0.242. The zero-order valence-electron chi connectivity index (χ0n) is 23.6. The van der Waals surface area contributed by atoms with E-state index in [9.17, 15) is 18.7 Å². The molecule has 5 aromatic rings. The molecule has 2 fully saturated rings. The number of benzene rings is 3. The number of halogens is 1.